The van der Waals surface area contributed by atoms with Crippen LogP contribution in [0.1, 0.15) is 46.4 Å². The highest BCUT2D eigenvalue weighted by molar-refractivity contribution is 7.98. The molecule has 1 aromatic heterocycles. The van der Waals surface area contributed by atoms with Crippen LogP contribution in [0.25, 0.3) is 0 Å². The number of alkyl halides is 3. The standard InChI is InChI=1S/C33H33F4N3O3S/c1-19-15-25-27(38-32(44-4)39-31(25)41)16-24(19)29-26(33(35,36)37)13-14-28(30(29)34)40(17-20-5-9-22(42-2)10-6-20)18-21-7-11-23(43-3)12-8-21/h5-14,19,24H,15-18H2,1-4H3,(H,38,39,41). The summed E-state index contributed by atoms with van der Waals surface area (Å²) in [5.41, 5.74) is 1.28. The van der Waals surface area contributed by atoms with E-state index >= 15 is 4.39 Å². The van der Waals surface area contributed by atoms with Crippen molar-refractivity contribution in [1.82, 2.24) is 9.97 Å². The first-order chi connectivity index (χ1) is 21.0. The summed E-state index contributed by atoms with van der Waals surface area (Å²) in [6.45, 7) is 2.24. The molecule has 4 aromatic rings. The first-order valence-corrected chi connectivity index (χ1v) is 15.3. The van der Waals surface area contributed by atoms with Crippen LogP contribution in [0.15, 0.2) is 65.8 Å². The zero-order valence-corrected chi connectivity index (χ0v) is 25.6. The average molecular weight is 628 g/mol. The van der Waals surface area contributed by atoms with Gasteiger partial charge >= 0.3 is 6.18 Å². The van der Waals surface area contributed by atoms with Crippen molar-refractivity contribution in [2.24, 2.45) is 5.92 Å². The van der Waals surface area contributed by atoms with Gasteiger partial charge in [-0.3, -0.25) is 0 Å². The van der Waals surface area contributed by atoms with Crippen molar-refractivity contribution in [2.75, 3.05) is 25.4 Å². The number of aromatic hydroxyl groups is 1. The molecule has 0 saturated heterocycles. The molecule has 2 atom stereocenters. The predicted molar refractivity (Wildman–Crippen MR) is 162 cm³/mol. The molecule has 5 rings (SSSR count). The third-order valence-corrected chi connectivity index (χ3v) is 8.65. The van der Waals surface area contributed by atoms with Gasteiger partial charge in [0.15, 0.2) is 11.0 Å². The van der Waals surface area contributed by atoms with Crippen LogP contribution >= 0.6 is 11.8 Å². The van der Waals surface area contributed by atoms with Crippen LogP contribution in [-0.4, -0.2) is 35.5 Å². The van der Waals surface area contributed by atoms with Gasteiger partial charge in [-0.1, -0.05) is 43.0 Å². The molecule has 0 bridgehead atoms. The second-order valence-electron chi connectivity index (χ2n) is 10.9. The van der Waals surface area contributed by atoms with E-state index in [1.54, 1.807) is 56.6 Å². The van der Waals surface area contributed by atoms with E-state index in [1.165, 1.54) is 17.8 Å². The molecular weight excluding hydrogens is 594 g/mol. The van der Waals surface area contributed by atoms with Gasteiger partial charge in [0.25, 0.3) is 0 Å². The van der Waals surface area contributed by atoms with Gasteiger partial charge in [-0.05, 0) is 78.5 Å². The van der Waals surface area contributed by atoms with E-state index in [2.05, 4.69) is 9.97 Å². The number of nitrogens with zero attached hydrogens (tertiary/aromatic N) is 3. The molecule has 2 unspecified atom stereocenters. The van der Waals surface area contributed by atoms with Crippen LogP contribution in [0.3, 0.4) is 0 Å². The number of methoxy groups -OCH3 is 2. The first-order valence-electron chi connectivity index (χ1n) is 14.1. The molecule has 0 saturated carbocycles. The zero-order valence-electron chi connectivity index (χ0n) is 24.8. The Bertz CT molecular complexity index is 1570. The maximum absolute atomic E-state index is 16.8. The molecule has 1 N–H and O–H groups in total. The number of anilines is 1. The molecule has 44 heavy (non-hydrogen) atoms. The van der Waals surface area contributed by atoms with Gasteiger partial charge < -0.3 is 19.5 Å². The summed E-state index contributed by atoms with van der Waals surface area (Å²) in [5.74, 6) is -1.02. The minimum atomic E-state index is -4.77. The topological polar surface area (TPSA) is 67.7 Å². The molecule has 0 amide bonds. The SMILES string of the molecule is COc1ccc(CN(Cc2ccc(OC)cc2)c2ccc(C(F)(F)F)c(C3Cc4nc(SC)nc(O)c4CC3C)c2F)cc1. The third-order valence-electron chi connectivity index (χ3n) is 8.10. The summed E-state index contributed by atoms with van der Waals surface area (Å²) >= 11 is 1.22. The highest BCUT2D eigenvalue weighted by atomic mass is 32.2. The lowest BCUT2D eigenvalue weighted by Crippen LogP contribution is -2.29. The monoisotopic (exact) mass is 627 g/mol. The number of benzene rings is 3. The number of fused-ring (bicyclic) bond motifs is 1. The van der Waals surface area contributed by atoms with Crippen molar-refractivity contribution in [3.63, 3.8) is 0 Å². The number of hydrogen-bond acceptors (Lipinski definition) is 7. The van der Waals surface area contributed by atoms with E-state index in [0.717, 1.165) is 17.2 Å². The van der Waals surface area contributed by atoms with Gasteiger partial charge in [0, 0.05) is 24.2 Å². The molecule has 1 aliphatic carbocycles. The maximum Gasteiger partial charge on any atom is 0.416 e. The molecule has 0 spiro atoms. The van der Waals surface area contributed by atoms with Crippen molar-refractivity contribution in [1.29, 1.82) is 0 Å². The van der Waals surface area contributed by atoms with Gasteiger partial charge in [-0.25, -0.2) is 9.37 Å². The Hall–Kier alpha value is -3.99. The minimum absolute atomic E-state index is 0.0422. The van der Waals surface area contributed by atoms with Gasteiger partial charge in [0.1, 0.15) is 11.5 Å². The Morgan fingerprint density at radius 3 is 1.95 bits per heavy atom. The highest BCUT2D eigenvalue weighted by Crippen LogP contribution is 2.46. The van der Waals surface area contributed by atoms with Crippen LogP contribution < -0.4 is 14.4 Å². The van der Waals surface area contributed by atoms with Crippen LogP contribution in [0.4, 0.5) is 23.2 Å². The smallest absolute Gasteiger partial charge is 0.416 e. The van der Waals surface area contributed by atoms with Crippen LogP contribution in [-0.2, 0) is 32.1 Å². The molecule has 0 radical (unpaired) electrons. The second kappa shape index (κ2) is 12.9. The summed E-state index contributed by atoms with van der Waals surface area (Å²) in [6, 6.07) is 16.7. The largest absolute Gasteiger partial charge is 0.497 e. The van der Waals surface area contributed by atoms with E-state index in [0.29, 0.717) is 27.9 Å². The summed E-state index contributed by atoms with van der Waals surface area (Å²) in [7, 11) is 3.12. The number of hydrogen-bond donors (Lipinski definition) is 1. The number of aromatic nitrogens is 2. The van der Waals surface area contributed by atoms with Crippen molar-refractivity contribution in [3.8, 4) is 17.4 Å². The normalized spacial score (nSPS) is 16.4. The third kappa shape index (κ3) is 6.57. The highest BCUT2D eigenvalue weighted by Gasteiger charge is 2.41. The average Bonchev–Trinajstić information content (AvgIpc) is 3.01. The molecule has 0 fully saturated rings. The van der Waals surface area contributed by atoms with Gasteiger partial charge in [-0.2, -0.15) is 18.2 Å². The quantitative estimate of drug-likeness (QED) is 0.115. The Morgan fingerprint density at radius 2 is 1.45 bits per heavy atom. The van der Waals surface area contributed by atoms with Crippen molar-refractivity contribution >= 4 is 17.4 Å². The number of rotatable bonds is 9. The summed E-state index contributed by atoms with van der Waals surface area (Å²) in [5, 5.41) is 10.8. The van der Waals surface area contributed by atoms with Crippen LogP contribution in [0.2, 0.25) is 0 Å². The molecule has 0 aliphatic heterocycles. The van der Waals surface area contributed by atoms with E-state index in [1.807, 2.05) is 24.3 Å². The molecule has 1 heterocycles. The zero-order chi connectivity index (χ0) is 31.6. The molecule has 3 aromatic carbocycles. The fourth-order valence-electron chi connectivity index (χ4n) is 5.79. The fraction of sp³-hybridized carbons (Fsp3) is 0.333. The molecule has 232 valence electrons. The summed E-state index contributed by atoms with van der Waals surface area (Å²) < 4.78 is 70.8. The number of halogens is 4. The lowest BCUT2D eigenvalue weighted by molar-refractivity contribution is -0.138. The Labute approximate surface area is 258 Å². The van der Waals surface area contributed by atoms with Gasteiger partial charge in [0.05, 0.1) is 31.2 Å². The van der Waals surface area contributed by atoms with Crippen molar-refractivity contribution < 1.29 is 32.1 Å². The molecular formula is C33H33F4N3O3S. The Morgan fingerprint density at radius 1 is 0.886 bits per heavy atom. The van der Waals surface area contributed by atoms with Crippen molar-refractivity contribution in [3.05, 3.63) is 100.0 Å². The number of ether oxygens (including phenoxy) is 2. The van der Waals surface area contributed by atoms with E-state index in [4.69, 9.17) is 9.47 Å². The van der Waals surface area contributed by atoms with E-state index < -0.39 is 29.4 Å². The van der Waals surface area contributed by atoms with E-state index in [-0.39, 0.29) is 43.1 Å². The van der Waals surface area contributed by atoms with Crippen LogP contribution in [0, 0.1) is 11.7 Å². The summed E-state index contributed by atoms with van der Waals surface area (Å²) in [6.07, 6.45) is -2.76. The Kier molecular flexibility index (Phi) is 9.24. The van der Waals surface area contributed by atoms with Crippen molar-refractivity contribution in [2.45, 2.75) is 50.1 Å². The Balaban J connectivity index is 1.61. The molecule has 11 heteroatoms. The van der Waals surface area contributed by atoms with Gasteiger partial charge in [-0.15, -0.1) is 0 Å². The molecule has 6 nitrogen and oxygen atoms in total. The minimum Gasteiger partial charge on any atom is -0.497 e. The number of thioether (sulfide) groups is 1. The lowest BCUT2D eigenvalue weighted by atomic mass is 9.73. The van der Waals surface area contributed by atoms with E-state index in [9.17, 15) is 18.3 Å². The second-order valence-corrected chi connectivity index (χ2v) is 11.6. The summed E-state index contributed by atoms with van der Waals surface area (Å²) in [4.78, 5) is 10.3. The lowest BCUT2D eigenvalue weighted by Gasteiger charge is -2.34. The fourth-order valence-corrected chi connectivity index (χ4v) is 6.17. The predicted octanol–water partition coefficient (Wildman–Crippen LogP) is 7.80. The maximum atomic E-state index is 16.8. The molecule has 1 aliphatic rings. The first kappa shape index (κ1) is 31.4. The van der Waals surface area contributed by atoms with Crippen LogP contribution in [0.5, 0.6) is 17.4 Å². The van der Waals surface area contributed by atoms with Gasteiger partial charge in [0.2, 0.25) is 5.88 Å².